The van der Waals surface area contributed by atoms with Crippen molar-refractivity contribution >= 4 is 20.9 Å². The van der Waals surface area contributed by atoms with Crippen LogP contribution < -0.4 is 0 Å². The summed E-state index contributed by atoms with van der Waals surface area (Å²) >= 11 is 0. The fourth-order valence-electron chi connectivity index (χ4n) is 3.99. The molecule has 27 heavy (non-hydrogen) atoms. The van der Waals surface area contributed by atoms with Crippen molar-refractivity contribution in [2.45, 2.75) is 43.7 Å². The number of fused-ring (bicyclic) bond motifs is 1. The maximum atomic E-state index is 11.8. The highest BCUT2D eigenvalue weighted by molar-refractivity contribution is 7.90. The number of hydrogen-bond donors (Lipinski definition) is 1. The van der Waals surface area contributed by atoms with Gasteiger partial charge >= 0.3 is 0 Å². The summed E-state index contributed by atoms with van der Waals surface area (Å²) in [5, 5.41) is 1.07. The number of aromatic nitrogens is 2. The molecule has 1 unspecified atom stereocenters. The third kappa shape index (κ3) is 3.64. The lowest BCUT2D eigenvalue weighted by molar-refractivity contribution is 0.151. The molecule has 6 heteroatoms. The number of benzene rings is 1. The minimum absolute atomic E-state index is 0.343. The summed E-state index contributed by atoms with van der Waals surface area (Å²) in [6, 6.07) is 11.8. The summed E-state index contributed by atoms with van der Waals surface area (Å²) in [6.07, 6.45) is 6.80. The molecule has 5 nitrogen and oxygen atoms in total. The molecule has 3 aromatic rings. The number of hydrogen-bond acceptors (Lipinski definition) is 4. The predicted molar refractivity (Wildman–Crippen MR) is 108 cm³/mol. The fraction of sp³-hybridized carbons (Fsp3) is 0.381. The lowest BCUT2D eigenvalue weighted by Gasteiger charge is -2.33. The van der Waals surface area contributed by atoms with Crippen molar-refractivity contribution in [1.29, 1.82) is 0 Å². The van der Waals surface area contributed by atoms with E-state index in [4.69, 9.17) is 0 Å². The Morgan fingerprint density at radius 3 is 2.67 bits per heavy atom. The molecule has 0 bridgehead atoms. The Morgan fingerprint density at radius 1 is 1.19 bits per heavy atom. The number of likely N-dealkylation sites (tertiary alicyclic amines) is 1. The third-order valence-electron chi connectivity index (χ3n) is 5.52. The highest BCUT2D eigenvalue weighted by atomic mass is 32.2. The largest absolute Gasteiger partial charge is 0.341 e. The fourth-order valence-corrected chi connectivity index (χ4v) is 4.62. The molecule has 1 saturated heterocycles. The maximum absolute atomic E-state index is 11.8. The van der Waals surface area contributed by atoms with Gasteiger partial charge in [0, 0.05) is 41.7 Å². The van der Waals surface area contributed by atoms with E-state index in [9.17, 15) is 8.42 Å². The van der Waals surface area contributed by atoms with Gasteiger partial charge < -0.3 is 4.98 Å². The molecule has 0 radical (unpaired) electrons. The van der Waals surface area contributed by atoms with Crippen molar-refractivity contribution in [3.63, 3.8) is 0 Å². The van der Waals surface area contributed by atoms with Crippen LogP contribution in [0.15, 0.2) is 47.5 Å². The van der Waals surface area contributed by atoms with E-state index in [0.29, 0.717) is 10.9 Å². The first-order valence-electron chi connectivity index (χ1n) is 9.43. The maximum Gasteiger partial charge on any atom is 0.175 e. The van der Waals surface area contributed by atoms with Crippen molar-refractivity contribution in [2.24, 2.45) is 0 Å². The van der Waals surface area contributed by atoms with E-state index in [1.54, 1.807) is 18.3 Å². The SMILES string of the molecule is CC1CCCCN1Cc1[nH]c2ncccc2c1-c1ccc(S(C)(=O)=O)cc1. The van der Waals surface area contributed by atoms with Crippen LogP contribution in [-0.2, 0) is 16.4 Å². The van der Waals surface area contributed by atoms with Crippen molar-refractivity contribution in [3.8, 4) is 11.1 Å². The standard InChI is InChI=1S/C21H25N3O2S/c1-15-6-3-4-13-24(15)14-19-20(18-7-5-12-22-21(18)23-19)16-8-10-17(11-9-16)27(2,25)26/h5,7-12,15H,3-4,6,13-14H2,1-2H3,(H,22,23). The lowest BCUT2D eigenvalue weighted by Crippen LogP contribution is -2.36. The zero-order valence-electron chi connectivity index (χ0n) is 15.8. The van der Waals surface area contributed by atoms with E-state index < -0.39 is 9.84 Å². The van der Waals surface area contributed by atoms with E-state index in [1.165, 1.54) is 25.5 Å². The van der Waals surface area contributed by atoms with Crippen LogP contribution in [0.3, 0.4) is 0 Å². The topological polar surface area (TPSA) is 66.1 Å². The first-order valence-corrected chi connectivity index (χ1v) is 11.3. The lowest BCUT2D eigenvalue weighted by atomic mass is 10.00. The number of nitrogens with one attached hydrogen (secondary N) is 1. The summed E-state index contributed by atoms with van der Waals surface area (Å²) in [7, 11) is -3.20. The molecule has 142 valence electrons. The molecule has 3 heterocycles. The molecule has 4 rings (SSSR count). The van der Waals surface area contributed by atoms with Crippen molar-refractivity contribution in [3.05, 3.63) is 48.3 Å². The molecular weight excluding hydrogens is 358 g/mol. The first kappa shape index (κ1) is 18.2. The average molecular weight is 384 g/mol. The van der Waals surface area contributed by atoms with Gasteiger partial charge in [-0.25, -0.2) is 13.4 Å². The van der Waals surface area contributed by atoms with E-state index in [2.05, 4.69) is 27.9 Å². The molecule has 1 aliphatic rings. The Hall–Kier alpha value is -2.18. The molecule has 0 aliphatic carbocycles. The summed E-state index contributed by atoms with van der Waals surface area (Å²) in [5.74, 6) is 0. The summed E-state index contributed by atoms with van der Waals surface area (Å²) in [5.41, 5.74) is 4.15. The van der Waals surface area contributed by atoms with Crippen LogP contribution >= 0.6 is 0 Å². The molecule has 1 N–H and O–H groups in total. The number of nitrogens with zero attached hydrogens (tertiary/aromatic N) is 2. The normalized spacial score (nSPS) is 18.8. The van der Waals surface area contributed by atoms with Crippen LogP contribution in [0.25, 0.3) is 22.2 Å². The summed E-state index contributed by atoms with van der Waals surface area (Å²) in [6.45, 7) is 4.25. The van der Waals surface area contributed by atoms with Gasteiger partial charge in [-0.2, -0.15) is 0 Å². The molecule has 1 atom stereocenters. The minimum Gasteiger partial charge on any atom is -0.341 e. The van der Waals surface area contributed by atoms with Gasteiger partial charge in [0.2, 0.25) is 0 Å². The van der Waals surface area contributed by atoms with Gasteiger partial charge in [0.25, 0.3) is 0 Å². The zero-order chi connectivity index (χ0) is 19.0. The Morgan fingerprint density at radius 2 is 1.96 bits per heavy atom. The van der Waals surface area contributed by atoms with E-state index in [0.717, 1.165) is 40.9 Å². The van der Waals surface area contributed by atoms with Crippen LogP contribution in [0.2, 0.25) is 0 Å². The molecule has 1 aliphatic heterocycles. The van der Waals surface area contributed by atoms with Gasteiger partial charge in [-0.1, -0.05) is 18.6 Å². The van der Waals surface area contributed by atoms with Gasteiger partial charge in [-0.05, 0) is 56.1 Å². The van der Waals surface area contributed by atoms with Gasteiger partial charge in [0.05, 0.1) is 4.90 Å². The van der Waals surface area contributed by atoms with E-state index in [1.807, 2.05) is 18.2 Å². The minimum atomic E-state index is -3.20. The van der Waals surface area contributed by atoms with Crippen molar-refractivity contribution in [1.82, 2.24) is 14.9 Å². The number of H-pyrrole nitrogens is 1. The first-order chi connectivity index (χ1) is 12.9. The molecule has 1 aromatic carbocycles. The number of aromatic amines is 1. The van der Waals surface area contributed by atoms with Crippen LogP contribution in [0.5, 0.6) is 0 Å². The molecular formula is C21H25N3O2S. The molecule has 1 fully saturated rings. The average Bonchev–Trinajstić information content (AvgIpc) is 3.01. The van der Waals surface area contributed by atoms with E-state index >= 15 is 0 Å². The van der Waals surface area contributed by atoms with Crippen LogP contribution in [0.4, 0.5) is 0 Å². The number of sulfone groups is 1. The molecule has 0 spiro atoms. The van der Waals surface area contributed by atoms with Crippen LogP contribution in [-0.4, -0.2) is 42.1 Å². The molecule has 0 saturated carbocycles. The predicted octanol–water partition coefficient (Wildman–Crippen LogP) is 4.01. The number of rotatable bonds is 4. The second-order valence-electron chi connectivity index (χ2n) is 7.49. The van der Waals surface area contributed by atoms with Crippen molar-refractivity contribution in [2.75, 3.05) is 12.8 Å². The van der Waals surface area contributed by atoms with Crippen LogP contribution in [0, 0.1) is 0 Å². The summed E-state index contributed by atoms with van der Waals surface area (Å²) in [4.78, 5) is 10.9. The van der Waals surface area contributed by atoms with Crippen molar-refractivity contribution < 1.29 is 8.42 Å². The zero-order valence-corrected chi connectivity index (χ0v) is 16.6. The summed E-state index contributed by atoms with van der Waals surface area (Å²) < 4.78 is 23.6. The van der Waals surface area contributed by atoms with Gasteiger partial charge in [0.1, 0.15) is 5.65 Å². The van der Waals surface area contributed by atoms with Gasteiger partial charge in [-0.3, -0.25) is 4.90 Å². The Bertz CT molecular complexity index is 1050. The quantitative estimate of drug-likeness (QED) is 0.739. The second-order valence-corrected chi connectivity index (χ2v) is 9.51. The van der Waals surface area contributed by atoms with Gasteiger partial charge in [-0.15, -0.1) is 0 Å². The smallest absolute Gasteiger partial charge is 0.175 e. The Kier molecular flexibility index (Phi) is 4.78. The highest BCUT2D eigenvalue weighted by Crippen LogP contribution is 2.34. The van der Waals surface area contributed by atoms with Crippen LogP contribution in [0.1, 0.15) is 31.9 Å². The highest BCUT2D eigenvalue weighted by Gasteiger charge is 2.22. The number of pyridine rings is 1. The van der Waals surface area contributed by atoms with E-state index in [-0.39, 0.29) is 0 Å². The number of piperidine rings is 1. The van der Waals surface area contributed by atoms with Gasteiger partial charge in [0.15, 0.2) is 9.84 Å². The second kappa shape index (κ2) is 7.09. The molecule has 2 aromatic heterocycles. The Balaban J connectivity index is 1.78. The monoisotopic (exact) mass is 383 g/mol. The molecule has 0 amide bonds. The Labute approximate surface area is 160 Å². The third-order valence-corrected chi connectivity index (χ3v) is 6.65.